The standard InChI is InChI=1S/C21H29N3O/c1-15-8-7-11-20(12-15)24-16(2)13-18(17(24)3)14-22-21(25)23-19-9-5-4-6-10-19/h7-8,11-13,19H,4-6,9-10,14H2,1-3H3,(H2,22,23,25). The van der Waals surface area contributed by atoms with Crippen molar-refractivity contribution >= 4 is 6.03 Å². The van der Waals surface area contributed by atoms with Crippen LogP contribution in [0.15, 0.2) is 30.3 Å². The van der Waals surface area contributed by atoms with E-state index in [2.05, 4.69) is 66.3 Å². The summed E-state index contributed by atoms with van der Waals surface area (Å²) in [6, 6.07) is 11.0. The molecule has 2 N–H and O–H groups in total. The normalized spacial score (nSPS) is 15.2. The monoisotopic (exact) mass is 339 g/mol. The fourth-order valence-corrected chi connectivity index (χ4v) is 3.83. The van der Waals surface area contributed by atoms with Gasteiger partial charge in [0.1, 0.15) is 0 Å². The van der Waals surface area contributed by atoms with Crippen molar-refractivity contribution in [3.05, 3.63) is 52.8 Å². The summed E-state index contributed by atoms with van der Waals surface area (Å²) >= 11 is 0. The third kappa shape index (κ3) is 4.25. The van der Waals surface area contributed by atoms with Crippen LogP contribution in [0.3, 0.4) is 0 Å². The minimum Gasteiger partial charge on any atom is -0.335 e. The number of benzene rings is 1. The zero-order valence-corrected chi connectivity index (χ0v) is 15.6. The summed E-state index contributed by atoms with van der Waals surface area (Å²) in [4.78, 5) is 12.2. The Morgan fingerprint density at radius 2 is 1.88 bits per heavy atom. The molecule has 1 aromatic carbocycles. The predicted molar refractivity (Wildman–Crippen MR) is 102 cm³/mol. The number of hydrogen-bond acceptors (Lipinski definition) is 1. The Morgan fingerprint density at radius 3 is 2.60 bits per heavy atom. The van der Waals surface area contributed by atoms with Gasteiger partial charge in [-0.3, -0.25) is 0 Å². The number of rotatable bonds is 4. The van der Waals surface area contributed by atoms with Gasteiger partial charge in [0.05, 0.1) is 0 Å². The Kier molecular flexibility index (Phi) is 5.47. The zero-order chi connectivity index (χ0) is 17.8. The van der Waals surface area contributed by atoms with Gasteiger partial charge >= 0.3 is 6.03 Å². The SMILES string of the molecule is Cc1cccc(-n2c(C)cc(CNC(=O)NC3CCCCC3)c2C)c1. The quantitative estimate of drug-likeness (QED) is 0.844. The number of carbonyl (C=O) groups is 1. The van der Waals surface area contributed by atoms with Crippen molar-refractivity contribution in [3.63, 3.8) is 0 Å². The van der Waals surface area contributed by atoms with Gasteiger partial charge in [0, 0.05) is 29.7 Å². The van der Waals surface area contributed by atoms with E-state index in [0.29, 0.717) is 12.6 Å². The Labute approximate surface area is 150 Å². The highest BCUT2D eigenvalue weighted by atomic mass is 16.2. The number of urea groups is 1. The molecule has 4 nitrogen and oxygen atoms in total. The molecular weight excluding hydrogens is 310 g/mol. The number of aryl methyl sites for hydroxylation is 2. The minimum absolute atomic E-state index is 0.0488. The summed E-state index contributed by atoms with van der Waals surface area (Å²) in [5.41, 5.74) is 5.95. The van der Waals surface area contributed by atoms with Crippen molar-refractivity contribution in [1.29, 1.82) is 0 Å². The smallest absolute Gasteiger partial charge is 0.315 e. The molecule has 0 unspecified atom stereocenters. The third-order valence-corrected chi connectivity index (χ3v) is 5.18. The Morgan fingerprint density at radius 1 is 1.12 bits per heavy atom. The second-order valence-corrected chi connectivity index (χ2v) is 7.23. The van der Waals surface area contributed by atoms with Crippen molar-refractivity contribution in [1.82, 2.24) is 15.2 Å². The van der Waals surface area contributed by atoms with Gasteiger partial charge in [-0.15, -0.1) is 0 Å². The van der Waals surface area contributed by atoms with E-state index in [9.17, 15) is 4.79 Å². The van der Waals surface area contributed by atoms with Gasteiger partial charge in [-0.05, 0) is 62.9 Å². The van der Waals surface area contributed by atoms with Gasteiger partial charge in [-0.2, -0.15) is 0 Å². The second-order valence-electron chi connectivity index (χ2n) is 7.23. The lowest BCUT2D eigenvalue weighted by Gasteiger charge is -2.22. The summed E-state index contributed by atoms with van der Waals surface area (Å²) in [5, 5.41) is 6.14. The maximum absolute atomic E-state index is 12.2. The van der Waals surface area contributed by atoms with Crippen LogP contribution in [0.1, 0.15) is 54.6 Å². The Bertz CT molecular complexity index is 742. The van der Waals surface area contributed by atoms with Crippen LogP contribution < -0.4 is 10.6 Å². The summed E-state index contributed by atoms with van der Waals surface area (Å²) in [6.45, 7) is 6.89. The molecule has 1 aliphatic carbocycles. The molecule has 0 radical (unpaired) electrons. The highest BCUT2D eigenvalue weighted by Gasteiger charge is 2.16. The van der Waals surface area contributed by atoms with Crippen LogP contribution in [-0.2, 0) is 6.54 Å². The first kappa shape index (κ1) is 17.6. The molecule has 0 spiro atoms. The van der Waals surface area contributed by atoms with Crippen molar-refractivity contribution in [2.24, 2.45) is 0 Å². The Hall–Kier alpha value is -2.23. The van der Waals surface area contributed by atoms with Crippen LogP contribution in [0.5, 0.6) is 0 Å². The van der Waals surface area contributed by atoms with Gasteiger partial charge in [0.25, 0.3) is 0 Å². The maximum Gasteiger partial charge on any atom is 0.315 e. The van der Waals surface area contributed by atoms with Crippen LogP contribution in [0.4, 0.5) is 4.79 Å². The van der Waals surface area contributed by atoms with Crippen LogP contribution >= 0.6 is 0 Å². The van der Waals surface area contributed by atoms with Crippen molar-refractivity contribution in [2.45, 2.75) is 65.5 Å². The first-order chi connectivity index (χ1) is 12.0. The fourth-order valence-electron chi connectivity index (χ4n) is 3.83. The maximum atomic E-state index is 12.2. The topological polar surface area (TPSA) is 46.1 Å². The highest BCUT2D eigenvalue weighted by Crippen LogP contribution is 2.21. The first-order valence-electron chi connectivity index (χ1n) is 9.34. The van der Waals surface area contributed by atoms with Gasteiger partial charge < -0.3 is 15.2 Å². The molecule has 134 valence electrons. The number of carbonyl (C=O) groups excluding carboxylic acids is 1. The number of hydrogen-bond donors (Lipinski definition) is 2. The molecule has 2 aromatic rings. The van der Waals surface area contributed by atoms with Crippen LogP contribution in [0.2, 0.25) is 0 Å². The zero-order valence-electron chi connectivity index (χ0n) is 15.6. The van der Waals surface area contributed by atoms with E-state index in [0.717, 1.165) is 18.4 Å². The molecule has 0 atom stereocenters. The van der Waals surface area contributed by atoms with Crippen LogP contribution in [0, 0.1) is 20.8 Å². The molecule has 1 saturated carbocycles. The summed E-state index contributed by atoms with van der Waals surface area (Å²) in [5.74, 6) is 0. The number of amides is 2. The van der Waals surface area contributed by atoms with Crippen molar-refractivity contribution in [3.8, 4) is 5.69 Å². The van der Waals surface area contributed by atoms with E-state index in [-0.39, 0.29) is 6.03 Å². The van der Waals surface area contributed by atoms with Crippen molar-refractivity contribution in [2.75, 3.05) is 0 Å². The first-order valence-corrected chi connectivity index (χ1v) is 9.34. The molecule has 0 aliphatic heterocycles. The molecule has 25 heavy (non-hydrogen) atoms. The van der Waals surface area contributed by atoms with Gasteiger partial charge in [0.2, 0.25) is 0 Å². The van der Waals surface area contributed by atoms with Gasteiger partial charge in [0.15, 0.2) is 0 Å². The van der Waals surface area contributed by atoms with Crippen LogP contribution in [-0.4, -0.2) is 16.6 Å². The van der Waals surface area contributed by atoms with E-state index >= 15 is 0 Å². The lowest BCUT2D eigenvalue weighted by atomic mass is 9.96. The number of nitrogens with one attached hydrogen (secondary N) is 2. The molecule has 1 aromatic heterocycles. The molecule has 0 saturated heterocycles. The summed E-state index contributed by atoms with van der Waals surface area (Å²) < 4.78 is 2.25. The minimum atomic E-state index is -0.0488. The van der Waals surface area contributed by atoms with E-state index in [1.54, 1.807) is 0 Å². The Balaban J connectivity index is 1.65. The van der Waals surface area contributed by atoms with Crippen LogP contribution in [0.25, 0.3) is 5.69 Å². The van der Waals surface area contributed by atoms with Gasteiger partial charge in [-0.1, -0.05) is 31.4 Å². The van der Waals surface area contributed by atoms with Crippen molar-refractivity contribution < 1.29 is 4.79 Å². The molecule has 1 aliphatic rings. The molecule has 0 bridgehead atoms. The molecule has 3 rings (SSSR count). The predicted octanol–water partition coefficient (Wildman–Crippen LogP) is 4.53. The highest BCUT2D eigenvalue weighted by molar-refractivity contribution is 5.74. The summed E-state index contributed by atoms with van der Waals surface area (Å²) in [7, 11) is 0. The molecule has 4 heteroatoms. The van der Waals surface area contributed by atoms with Gasteiger partial charge in [-0.25, -0.2) is 4.79 Å². The largest absolute Gasteiger partial charge is 0.335 e. The average Bonchev–Trinajstić information content (AvgIpc) is 2.88. The second kappa shape index (κ2) is 7.77. The molecule has 1 heterocycles. The molecule has 2 amide bonds. The number of nitrogens with zero attached hydrogens (tertiary/aromatic N) is 1. The lowest BCUT2D eigenvalue weighted by Crippen LogP contribution is -2.42. The average molecular weight is 339 g/mol. The fraction of sp³-hybridized carbons (Fsp3) is 0.476. The lowest BCUT2D eigenvalue weighted by molar-refractivity contribution is 0.232. The molecule has 1 fully saturated rings. The third-order valence-electron chi connectivity index (χ3n) is 5.18. The number of aromatic nitrogens is 1. The van der Waals surface area contributed by atoms with E-state index in [4.69, 9.17) is 0 Å². The van der Waals surface area contributed by atoms with E-state index < -0.39 is 0 Å². The van der Waals surface area contributed by atoms with E-state index in [1.165, 1.54) is 41.9 Å². The molecular formula is C21H29N3O. The summed E-state index contributed by atoms with van der Waals surface area (Å²) in [6.07, 6.45) is 5.96. The van der Waals surface area contributed by atoms with E-state index in [1.807, 2.05) is 0 Å².